The summed E-state index contributed by atoms with van der Waals surface area (Å²) in [5.41, 5.74) is 0.934. The van der Waals surface area contributed by atoms with Gasteiger partial charge in [0, 0.05) is 66.2 Å². The van der Waals surface area contributed by atoms with Gasteiger partial charge in [0.25, 0.3) is 11.8 Å². The van der Waals surface area contributed by atoms with Gasteiger partial charge in [0.2, 0.25) is 0 Å². The Bertz CT molecular complexity index is 2370. The van der Waals surface area contributed by atoms with E-state index in [1.807, 2.05) is 12.1 Å². The van der Waals surface area contributed by atoms with Gasteiger partial charge >= 0.3 is 18.0 Å². The fraction of sp³-hybridized carbons (Fsp3) is 0.308. The smallest absolute Gasteiger partial charge is 0.368 e. The van der Waals surface area contributed by atoms with Crippen molar-refractivity contribution in [3.63, 3.8) is 0 Å². The molecule has 1 saturated heterocycles. The van der Waals surface area contributed by atoms with Crippen molar-refractivity contribution in [2.45, 2.75) is 51.0 Å². The van der Waals surface area contributed by atoms with Gasteiger partial charge in [0.1, 0.15) is 18.1 Å². The number of nitrogens with one attached hydrogen (secondary N) is 1. The Balaban J connectivity index is 1.26. The Morgan fingerprint density at radius 1 is 0.930 bits per heavy atom. The Labute approximate surface area is 330 Å². The highest BCUT2D eigenvalue weighted by Gasteiger charge is 2.45. The average molecular weight is 858 g/mol. The largest absolute Gasteiger partial charge is 0.417 e. The number of carbonyl (C=O) groups is 2. The molecule has 0 bridgehead atoms. The fourth-order valence-electron chi connectivity index (χ4n) is 7.31. The third-order valence-corrected chi connectivity index (χ3v) is 11.0. The summed E-state index contributed by atoms with van der Waals surface area (Å²) in [5.74, 6) is -1.41. The van der Waals surface area contributed by atoms with Crippen LogP contribution >= 0.6 is 15.9 Å². The van der Waals surface area contributed by atoms with Crippen LogP contribution in [-0.4, -0.2) is 85.7 Å². The lowest BCUT2D eigenvalue weighted by Crippen LogP contribution is -2.57. The van der Waals surface area contributed by atoms with E-state index in [2.05, 4.69) is 31.2 Å². The lowest BCUT2D eigenvalue weighted by atomic mass is 10.0. The number of hydrogen-bond acceptors (Lipinski definition) is 7. The quantitative estimate of drug-likeness (QED) is 0.186. The van der Waals surface area contributed by atoms with Crippen LogP contribution in [-0.2, 0) is 25.8 Å². The van der Waals surface area contributed by atoms with Crippen molar-refractivity contribution in [1.82, 2.24) is 34.2 Å². The van der Waals surface area contributed by atoms with Gasteiger partial charge in [-0.3, -0.25) is 23.6 Å². The van der Waals surface area contributed by atoms with E-state index in [0.717, 1.165) is 17.7 Å². The summed E-state index contributed by atoms with van der Waals surface area (Å²) in [6.07, 6.45) is -6.20. The summed E-state index contributed by atoms with van der Waals surface area (Å²) in [6, 6.07) is 16.0. The number of benzene rings is 3. The molecule has 0 spiro atoms. The molecule has 2 aromatic heterocycles. The second-order valence-corrected chi connectivity index (χ2v) is 14.8. The van der Waals surface area contributed by atoms with Crippen molar-refractivity contribution in [2.75, 3.05) is 31.6 Å². The molecule has 11 nitrogen and oxygen atoms in total. The predicted octanol–water partition coefficient (Wildman–Crippen LogP) is 6.53. The molecule has 3 aromatic carbocycles. The molecule has 7 rings (SSSR count). The normalized spacial score (nSPS) is 17.7. The van der Waals surface area contributed by atoms with E-state index in [4.69, 9.17) is 0 Å². The molecule has 4 heterocycles. The molecule has 0 saturated carbocycles. The summed E-state index contributed by atoms with van der Waals surface area (Å²) in [6.45, 7) is 1.48. The number of halogens is 7. The number of carbonyl (C=O) groups excluding carboxylic acids is 2. The van der Waals surface area contributed by atoms with Crippen molar-refractivity contribution < 1.29 is 35.9 Å². The monoisotopic (exact) mass is 856 g/mol. The van der Waals surface area contributed by atoms with Gasteiger partial charge in [-0.05, 0) is 68.1 Å². The third kappa shape index (κ3) is 7.92. The fourth-order valence-corrected chi connectivity index (χ4v) is 7.78. The van der Waals surface area contributed by atoms with Crippen molar-refractivity contribution in [2.24, 2.45) is 0 Å². The number of nitrogens with zero attached hydrogens (tertiary/aromatic N) is 7. The van der Waals surface area contributed by atoms with Crippen LogP contribution in [0.5, 0.6) is 0 Å². The van der Waals surface area contributed by atoms with Crippen LogP contribution in [0.25, 0.3) is 16.9 Å². The minimum atomic E-state index is -4.74. The first-order valence-corrected chi connectivity index (χ1v) is 18.6. The van der Waals surface area contributed by atoms with Crippen LogP contribution in [0.2, 0.25) is 0 Å². The Morgan fingerprint density at radius 3 is 2.33 bits per heavy atom. The van der Waals surface area contributed by atoms with Gasteiger partial charge in [0.05, 0.1) is 29.2 Å². The minimum Gasteiger partial charge on any atom is -0.368 e. The molecular weight excluding hydrogens is 822 g/mol. The molecule has 2 amide bonds. The number of likely N-dealkylation sites (N-methyl/N-ethyl adjacent to an activating group) is 1. The zero-order chi connectivity index (χ0) is 40.8. The van der Waals surface area contributed by atoms with Crippen molar-refractivity contribution in [3.05, 3.63) is 128 Å². The topological polar surface area (TPSA) is 109 Å². The van der Waals surface area contributed by atoms with Crippen LogP contribution in [0.4, 0.5) is 32.0 Å². The van der Waals surface area contributed by atoms with E-state index in [9.17, 15) is 40.7 Å². The molecule has 18 heteroatoms. The number of aromatic nitrogens is 4. The van der Waals surface area contributed by atoms with E-state index < -0.39 is 47.5 Å². The number of amides is 2. The summed E-state index contributed by atoms with van der Waals surface area (Å²) in [7, 11) is 1.43. The van der Waals surface area contributed by atoms with Crippen LogP contribution in [0.1, 0.15) is 44.6 Å². The van der Waals surface area contributed by atoms with Gasteiger partial charge in [-0.2, -0.15) is 26.3 Å². The first kappa shape index (κ1) is 39.7. The van der Waals surface area contributed by atoms with Crippen LogP contribution in [0.3, 0.4) is 0 Å². The SMILES string of the molecule is C[C@@H]1Cn2c(c(C(=O)NCc3ccccc3-c3ccncn3)n(-c3ccc(N4CCN(C)[C@H](C(F)(F)F)C4)cc3)c2=O)CN1C(=O)c1ccc(Br)c(C(F)(F)F)c1. The van der Waals surface area contributed by atoms with E-state index in [1.165, 1.54) is 50.5 Å². The predicted molar refractivity (Wildman–Crippen MR) is 202 cm³/mol. The lowest BCUT2D eigenvalue weighted by Gasteiger charge is -2.41. The molecule has 5 aromatic rings. The minimum absolute atomic E-state index is 0.00129. The zero-order valence-corrected chi connectivity index (χ0v) is 32.1. The summed E-state index contributed by atoms with van der Waals surface area (Å²) >= 11 is 2.91. The van der Waals surface area contributed by atoms with Crippen molar-refractivity contribution in [3.8, 4) is 16.9 Å². The van der Waals surface area contributed by atoms with Crippen LogP contribution in [0, 0.1) is 0 Å². The van der Waals surface area contributed by atoms with Gasteiger partial charge in [-0.25, -0.2) is 14.8 Å². The molecule has 298 valence electrons. The average Bonchev–Trinajstić information content (AvgIpc) is 3.46. The molecule has 0 radical (unpaired) electrons. The molecule has 2 aliphatic rings. The first-order chi connectivity index (χ1) is 27.0. The van der Waals surface area contributed by atoms with E-state index in [0.29, 0.717) is 23.5 Å². The van der Waals surface area contributed by atoms with E-state index in [-0.39, 0.29) is 59.8 Å². The number of fused-ring (bicyclic) bond motifs is 1. The highest BCUT2D eigenvalue weighted by molar-refractivity contribution is 9.10. The molecule has 0 unspecified atom stereocenters. The molecule has 1 N–H and O–H groups in total. The van der Waals surface area contributed by atoms with E-state index >= 15 is 0 Å². The van der Waals surface area contributed by atoms with Crippen LogP contribution in [0.15, 0.2) is 94.6 Å². The summed E-state index contributed by atoms with van der Waals surface area (Å²) in [5, 5.41) is 2.89. The number of hydrogen-bond donors (Lipinski definition) is 1. The molecular formula is C39H35BrF6N8O3. The maximum absolute atomic E-state index is 14.4. The first-order valence-electron chi connectivity index (χ1n) is 17.8. The van der Waals surface area contributed by atoms with Gasteiger partial charge in [-0.15, -0.1) is 0 Å². The summed E-state index contributed by atoms with van der Waals surface area (Å²) in [4.78, 5) is 55.0. The maximum Gasteiger partial charge on any atom is 0.417 e. The number of imidazole rings is 1. The van der Waals surface area contributed by atoms with Crippen molar-refractivity contribution in [1.29, 1.82) is 0 Å². The zero-order valence-electron chi connectivity index (χ0n) is 30.5. The Morgan fingerprint density at radius 2 is 1.65 bits per heavy atom. The molecule has 0 aliphatic carbocycles. The number of piperazine rings is 1. The summed E-state index contributed by atoms with van der Waals surface area (Å²) < 4.78 is 85.0. The second kappa shape index (κ2) is 15.5. The van der Waals surface area contributed by atoms with E-state index in [1.54, 1.807) is 48.4 Å². The lowest BCUT2D eigenvalue weighted by molar-refractivity contribution is -0.180. The standard InChI is InChI=1S/C39H35BrF6N8O3/c1-23-19-53-32(20-52(23)36(56)24-7-12-30(40)29(17-24)38(41,42)43)34(35(55)48-18-25-5-3-4-6-28(25)31-13-14-47-22-49-31)54(37(53)57)27-10-8-26(9-11-27)51-16-15-50(2)33(21-51)39(44,45)46/h3-14,17,22-23,33H,15-16,18-21H2,1-2H3,(H,48,55)/t23-,33+/m1/s1. The Hall–Kier alpha value is -5.49. The molecule has 57 heavy (non-hydrogen) atoms. The molecule has 2 aliphatic heterocycles. The molecule has 1 fully saturated rings. The Kier molecular flexibility index (Phi) is 10.8. The van der Waals surface area contributed by atoms with Gasteiger partial charge < -0.3 is 15.1 Å². The van der Waals surface area contributed by atoms with Gasteiger partial charge in [-0.1, -0.05) is 40.2 Å². The van der Waals surface area contributed by atoms with Crippen LogP contribution < -0.4 is 15.9 Å². The highest BCUT2D eigenvalue weighted by atomic mass is 79.9. The molecule has 2 atom stereocenters. The highest BCUT2D eigenvalue weighted by Crippen LogP contribution is 2.36. The maximum atomic E-state index is 14.4. The van der Waals surface area contributed by atoms with Crippen molar-refractivity contribution >= 4 is 33.4 Å². The third-order valence-electron chi connectivity index (χ3n) is 10.4. The second-order valence-electron chi connectivity index (χ2n) is 13.9. The number of anilines is 1. The number of alkyl halides is 6. The number of rotatable bonds is 7. The van der Waals surface area contributed by atoms with Gasteiger partial charge in [0.15, 0.2) is 0 Å².